The van der Waals surface area contributed by atoms with Crippen LogP contribution in [0.15, 0.2) is 16.6 Å². The van der Waals surface area contributed by atoms with Crippen LogP contribution in [0.3, 0.4) is 0 Å². The molecule has 6 heteroatoms. The van der Waals surface area contributed by atoms with Gasteiger partial charge in [0.2, 0.25) is 0 Å². The van der Waals surface area contributed by atoms with E-state index in [1.165, 1.54) is 0 Å². The summed E-state index contributed by atoms with van der Waals surface area (Å²) in [5, 5.41) is 9.38. The lowest BCUT2D eigenvalue weighted by Gasteiger charge is -2.16. The zero-order valence-electron chi connectivity index (χ0n) is 8.12. The van der Waals surface area contributed by atoms with Crippen molar-refractivity contribution in [1.29, 1.82) is 0 Å². The zero-order valence-corrected chi connectivity index (χ0v) is 9.71. The number of hydrogen-bond donors (Lipinski definition) is 1. The van der Waals surface area contributed by atoms with Crippen LogP contribution in [0.5, 0.6) is 5.75 Å². The minimum Gasteiger partial charge on any atom is -0.479 e. The highest BCUT2D eigenvalue weighted by atomic mass is 79.9. The molecule has 2 atom stereocenters. The second-order valence-corrected chi connectivity index (χ2v) is 4.38. The summed E-state index contributed by atoms with van der Waals surface area (Å²) in [6.45, 7) is 0.237. The van der Waals surface area contributed by atoms with Gasteiger partial charge in [0.15, 0.2) is 23.5 Å². The fourth-order valence-corrected chi connectivity index (χ4v) is 1.83. The molecule has 1 aromatic carbocycles. The van der Waals surface area contributed by atoms with Crippen LogP contribution in [0.2, 0.25) is 0 Å². The van der Waals surface area contributed by atoms with Gasteiger partial charge in [-0.3, -0.25) is 0 Å². The summed E-state index contributed by atoms with van der Waals surface area (Å²) < 4.78 is 37.0. The normalized spacial score (nSPS) is 24.8. The van der Waals surface area contributed by atoms with Crippen LogP contribution in [0.25, 0.3) is 0 Å². The lowest BCUT2D eigenvalue weighted by Crippen LogP contribution is -2.30. The van der Waals surface area contributed by atoms with E-state index in [4.69, 9.17) is 9.47 Å². The number of hydrogen-bond acceptors (Lipinski definition) is 3. The monoisotopic (exact) mass is 294 g/mol. The SMILES string of the molecule is O[C@@H]1COCC1Oc1c(F)cc(Br)cc1F. The molecule has 0 saturated carbocycles. The van der Waals surface area contributed by atoms with E-state index in [0.29, 0.717) is 0 Å². The van der Waals surface area contributed by atoms with Gasteiger partial charge in [0.05, 0.1) is 13.2 Å². The van der Waals surface area contributed by atoms with Crippen molar-refractivity contribution in [3.63, 3.8) is 0 Å². The first-order valence-corrected chi connectivity index (χ1v) is 5.44. The molecule has 1 N–H and O–H groups in total. The minimum absolute atomic E-state index is 0.116. The second kappa shape index (κ2) is 4.65. The Bertz CT molecular complexity index is 377. The highest BCUT2D eigenvalue weighted by molar-refractivity contribution is 9.10. The fourth-order valence-electron chi connectivity index (χ4n) is 1.43. The molecule has 0 bridgehead atoms. The Morgan fingerprint density at radius 3 is 2.44 bits per heavy atom. The summed E-state index contributed by atoms with van der Waals surface area (Å²) in [4.78, 5) is 0. The van der Waals surface area contributed by atoms with Crippen molar-refractivity contribution < 1.29 is 23.4 Å². The first-order valence-electron chi connectivity index (χ1n) is 4.65. The number of rotatable bonds is 2. The molecular formula is C10H9BrF2O3. The molecule has 0 aromatic heterocycles. The Kier molecular flexibility index (Phi) is 3.41. The molecule has 16 heavy (non-hydrogen) atoms. The molecule has 1 aromatic rings. The molecule has 88 valence electrons. The molecular weight excluding hydrogens is 286 g/mol. The maximum atomic E-state index is 13.4. The van der Waals surface area contributed by atoms with Crippen molar-refractivity contribution in [2.24, 2.45) is 0 Å². The van der Waals surface area contributed by atoms with Crippen molar-refractivity contribution in [2.75, 3.05) is 13.2 Å². The number of benzene rings is 1. The molecule has 1 aliphatic heterocycles. The Morgan fingerprint density at radius 2 is 1.94 bits per heavy atom. The van der Waals surface area contributed by atoms with E-state index in [1.54, 1.807) is 0 Å². The van der Waals surface area contributed by atoms with Gasteiger partial charge in [-0.05, 0) is 12.1 Å². The molecule has 2 rings (SSSR count). The minimum atomic E-state index is -0.859. The van der Waals surface area contributed by atoms with E-state index in [-0.39, 0.29) is 17.7 Å². The molecule has 1 unspecified atom stereocenters. The summed E-state index contributed by atoms with van der Waals surface area (Å²) in [7, 11) is 0. The van der Waals surface area contributed by atoms with Gasteiger partial charge >= 0.3 is 0 Å². The Balaban J connectivity index is 2.21. The average molecular weight is 295 g/mol. The van der Waals surface area contributed by atoms with E-state index >= 15 is 0 Å². The van der Waals surface area contributed by atoms with Gasteiger partial charge in [-0.15, -0.1) is 0 Å². The third-order valence-electron chi connectivity index (χ3n) is 2.23. The van der Waals surface area contributed by atoms with Gasteiger partial charge in [-0.1, -0.05) is 15.9 Å². The average Bonchev–Trinajstić information content (AvgIpc) is 2.57. The highest BCUT2D eigenvalue weighted by Gasteiger charge is 2.29. The summed E-state index contributed by atoms with van der Waals surface area (Å²) in [5.41, 5.74) is 0. The van der Waals surface area contributed by atoms with E-state index in [2.05, 4.69) is 15.9 Å². The van der Waals surface area contributed by atoms with Gasteiger partial charge in [0.1, 0.15) is 6.10 Å². The Morgan fingerprint density at radius 1 is 1.31 bits per heavy atom. The van der Waals surface area contributed by atoms with Gasteiger partial charge in [0, 0.05) is 4.47 Å². The third-order valence-corrected chi connectivity index (χ3v) is 2.69. The lowest BCUT2D eigenvalue weighted by molar-refractivity contribution is 0.0679. The third kappa shape index (κ3) is 2.34. The van der Waals surface area contributed by atoms with Crippen molar-refractivity contribution in [1.82, 2.24) is 0 Å². The van der Waals surface area contributed by atoms with E-state index < -0.39 is 29.6 Å². The lowest BCUT2D eigenvalue weighted by atomic mass is 10.2. The van der Waals surface area contributed by atoms with E-state index in [9.17, 15) is 13.9 Å². The number of halogens is 3. The van der Waals surface area contributed by atoms with Crippen LogP contribution in [0, 0.1) is 11.6 Å². The topological polar surface area (TPSA) is 38.7 Å². The number of aliphatic hydroxyl groups excluding tert-OH is 1. The quantitative estimate of drug-likeness (QED) is 0.905. The van der Waals surface area contributed by atoms with Crippen LogP contribution in [-0.4, -0.2) is 30.5 Å². The molecule has 1 heterocycles. The Hall–Kier alpha value is -0.720. The van der Waals surface area contributed by atoms with Crippen molar-refractivity contribution in [3.05, 3.63) is 28.2 Å². The van der Waals surface area contributed by atoms with E-state index in [1.807, 2.05) is 0 Å². The summed E-state index contributed by atoms with van der Waals surface area (Å²) in [6, 6.07) is 2.20. The summed E-state index contributed by atoms with van der Waals surface area (Å²) in [6.07, 6.45) is -1.59. The Labute approximate surface area is 99.1 Å². The molecule has 0 spiro atoms. The van der Waals surface area contributed by atoms with Gasteiger partial charge in [-0.2, -0.15) is 0 Å². The first kappa shape index (κ1) is 11.8. The van der Waals surface area contributed by atoms with Crippen molar-refractivity contribution in [2.45, 2.75) is 12.2 Å². The van der Waals surface area contributed by atoms with Gasteiger partial charge in [0.25, 0.3) is 0 Å². The second-order valence-electron chi connectivity index (χ2n) is 3.46. The van der Waals surface area contributed by atoms with Gasteiger partial charge < -0.3 is 14.6 Å². The standard InChI is InChI=1S/C10H9BrF2O3/c11-5-1-6(12)10(7(13)2-5)16-9-4-15-3-8(9)14/h1-2,8-9,14H,3-4H2/t8-,9?/m1/s1. The molecule has 1 fully saturated rings. The van der Waals surface area contributed by atoms with Crippen LogP contribution in [0.4, 0.5) is 8.78 Å². The predicted octanol–water partition coefficient (Wildman–Crippen LogP) is 1.87. The number of aliphatic hydroxyl groups is 1. The maximum absolute atomic E-state index is 13.4. The molecule has 0 radical (unpaired) electrons. The molecule has 0 aliphatic carbocycles. The smallest absolute Gasteiger partial charge is 0.191 e. The molecule has 3 nitrogen and oxygen atoms in total. The zero-order chi connectivity index (χ0) is 11.7. The van der Waals surface area contributed by atoms with Crippen LogP contribution < -0.4 is 4.74 Å². The summed E-state index contributed by atoms with van der Waals surface area (Å²) in [5.74, 6) is -2.12. The maximum Gasteiger partial charge on any atom is 0.191 e. The van der Waals surface area contributed by atoms with Crippen LogP contribution in [-0.2, 0) is 4.74 Å². The van der Waals surface area contributed by atoms with Crippen molar-refractivity contribution in [3.8, 4) is 5.75 Å². The van der Waals surface area contributed by atoms with Crippen LogP contribution >= 0.6 is 15.9 Å². The number of ether oxygens (including phenoxy) is 2. The van der Waals surface area contributed by atoms with Gasteiger partial charge in [-0.25, -0.2) is 8.78 Å². The van der Waals surface area contributed by atoms with Crippen LogP contribution in [0.1, 0.15) is 0 Å². The predicted molar refractivity (Wildman–Crippen MR) is 55.3 cm³/mol. The molecule has 1 aliphatic rings. The summed E-state index contributed by atoms with van der Waals surface area (Å²) >= 11 is 2.96. The first-order chi connectivity index (χ1) is 7.58. The van der Waals surface area contributed by atoms with E-state index in [0.717, 1.165) is 12.1 Å². The molecule has 0 amide bonds. The molecule has 1 saturated heterocycles. The van der Waals surface area contributed by atoms with Crippen molar-refractivity contribution >= 4 is 15.9 Å². The fraction of sp³-hybridized carbons (Fsp3) is 0.400. The largest absolute Gasteiger partial charge is 0.479 e. The highest BCUT2D eigenvalue weighted by Crippen LogP contribution is 2.28.